The van der Waals surface area contributed by atoms with E-state index in [9.17, 15) is 55.1 Å². The average molecular weight is 900 g/mol. The lowest BCUT2D eigenvalue weighted by molar-refractivity contribution is -0.148. The average Bonchev–Trinajstić information content (AvgIpc) is 3.96. The molecule has 5 unspecified atom stereocenters. The minimum atomic E-state index is -4.78. The van der Waals surface area contributed by atoms with Crippen molar-refractivity contribution in [3.63, 3.8) is 0 Å². The summed E-state index contributed by atoms with van der Waals surface area (Å²) >= 11 is 0. The monoisotopic (exact) mass is 899 g/mol. The number of rotatable bonds is 13. The summed E-state index contributed by atoms with van der Waals surface area (Å²) in [5, 5.41) is 14.8. The van der Waals surface area contributed by atoms with Crippen molar-refractivity contribution in [1.82, 2.24) is 45.4 Å². The molecule has 16 nitrogen and oxygen atoms in total. The normalized spacial score (nSPS) is 19.4. The lowest BCUT2D eigenvalue weighted by Gasteiger charge is -2.34. The molecule has 0 radical (unpaired) electrons. The van der Waals surface area contributed by atoms with Gasteiger partial charge >= 0.3 is 12.3 Å². The predicted octanol–water partition coefficient (Wildman–Crippen LogP) is 3.85. The predicted molar refractivity (Wildman–Crippen MR) is 211 cm³/mol. The number of alkyl carbamates (subject to hydrolysis) is 1. The van der Waals surface area contributed by atoms with Crippen LogP contribution in [-0.4, -0.2) is 121 Å². The second-order valence-electron chi connectivity index (χ2n) is 17.9. The standard InChI is InChI=1S/C41H55F6N9O7/c1-21(2)32(49-35(59)29-11-9-13-55(29)37(61)33(22(3)4)50-39(62)63-40(5,6)7)36(60)54-12-8-10-28(54)34(58)48-24(16-23-17-26(43)27(44)19-25(23)42)18-31(57)53-14-15-56-30(20-53)51-52-38(56)41(45,46)47/h17,19,21-22,24,28-29,32-33H,8-16,18,20H2,1-7H3,(H,48,58)(H,49,59)(H,50,62). The number of alkyl halides is 3. The number of hydrogen-bond donors (Lipinski definition) is 3. The van der Waals surface area contributed by atoms with Crippen LogP contribution >= 0.6 is 0 Å². The lowest BCUT2D eigenvalue weighted by Crippen LogP contribution is -2.60. The van der Waals surface area contributed by atoms with Gasteiger partial charge in [0.15, 0.2) is 17.5 Å². The number of hydrogen-bond acceptors (Lipinski definition) is 9. The fourth-order valence-corrected chi connectivity index (χ4v) is 8.05. The van der Waals surface area contributed by atoms with Crippen LogP contribution in [-0.2, 0) is 54.4 Å². The van der Waals surface area contributed by atoms with E-state index in [2.05, 4.69) is 26.1 Å². The number of likely N-dealkylation sites (tertiary alicyclic amines) is 2. The maximum absolute atomic E-state index is 14.9. The Bertz CT molecular complexity index is 2060. The third-order valence-corrected chi connectivity index (χ3v) is 11.2. The number of ether oxygens (including phenoxy) is 1. The fraction of sp³-hybridized carbons (Fsp3) is 0.659. The number of halogens is 6. The van der Waals surface area contributed by atoms with Gasteiger partial charge in [-0.05, 0) is 76.3 Å². The van der Waals surface area contributed by atoms with Gasteiger partial charge in [0.05, 0.1) is 6.54 Å². The Kier molecular flexibility index (Phi) is 15.1. The third kappa shape index (κ3) is 11.8. The number of nitrogens with one attached hydrogen (secondary N) is 3. The number of aromatic nitrogens is 3. The molecular weight excluding hydrogens is 844 g/mol. The molecule has 2 aromatic rings. The van der Waals surface area contributed by atoms with E-state index in [0.29, 0.717) is 25.0 Å². The molecule has 0 spiro atoms. The van der Waals surface area contributed by atoms with E-state index in [0.717, 1.165) is 4.57 Å². The smallest absolute Gasteiger partial charge is 0.444 e. The zero-order valence-electron chi connectivity index (χ0n) is 36.3. The van der Waals surface area contributed by atoms with Crippen molar-refractivity contribution in [2.24, 2.45) is 11.8 Å². The summed E-state index contributed by atoms with van der Waals surface area (Å²) in [5.74, 6) is -9.35. The van der Waals surface area contributed by atoms with Crippen molar-refractivity contribution in [3.8, 4) is 0 Å². The van der Waals surface area contributed by atoms with Gasteiger partial charge in [0, 0.05) is 44.7 Å². The molecular formula is C41H55F6N9O7. The summed E-state index contributed by atoms with van der Waals surface area (Å²) in [6.07, 6.45) is -5.34. The van der Waals surface area contributed by atoms with Crippen LogP contribution in [0.4, 0.5) is 31.1 Å². The molecule has 6 amide bonds. The summed E-state index contributed by atoms with van der Waals surface area (Å²) in [6, 6.07) is -4.61. The number of fused-ring (bicyclic) bond motifs is 1. The maximum atomic E-state index is 14.9. The van der Waals surface area contributed by atoms with Gasteiger partial charge in [-0.1, -0.05) is 27.7 Å². The number of amides is 6. The molecule has 1 aromatic carbocycles. The Balaban J connectivity index is 1.30. The van der Waals surface area contributed by atoms with Gasteiger partial charge in [-0.15, -0.1) is 10.2 Å². The molecule has 3 aliphatic heterocycles. The number of carbonyl (C=O) groups excluding carboxylic acids is 6. The van der Waals surface area contributed by atoms with Crippen molar-refractivity contribution in [3.05, 3.63) is 46.8 Å². The maximum Gasteiger partial charge on any atom is 0.451 e. The van der Waals surface area contributed by atoms with Crippen LogP contribution in [0, 0.1) is 29.3 Å². The molecule has 5 atom stereocenters. The second kappa shape index (κ2) is 19.5. The van der Waals surface area contributed by atoms with Gasteiger partial charge in [0.1, 0.15) is 35.6 Å². The Morgan fingerprint density at radius 1 is 0.746 bits per heavy atom. The summed E-state index contributed by atoms with van der Waals surface area (Å²) < 4.78 is 89.5. The second-order valence-corrected chi connectivity index (χ2v) is 17.9. The molecule has 348 valence electrons. The molecule has 0 bridgehead atoms. The Labute approximate surface area is 360 Å². The van der Waals surface area contributed by atoms with E-state index in [1.807, 2.05) is 0 Å². The van der Waals surface area contributed by atoms with Gasteiger partial charge < -0.3 is 40.0 Å². The van der Waals surface area contributed by atoms with Crippen LogP contribution in [0.2, 0.25) is 0 Å². The van der Waals surface area contributed by atoms with Crippen LogP contribution in [0.1, 0.15) is 97.8 Å². The first-order chi connectivity index (χ1) is 29.4. The zero-order valence-corrected chi connectivity index (χ0v) is 36.3. The first-order valence-electron chi connectivity index (χ1n) is 21.0. The quantitative estimate of drug-likeness (QED) is 0.198. The first kappa shape index (κ1) is 48.6. The topological polar surface area (TPSA) is 188 Å². The molecule has 2 saturated heterocycles. The zero-order chi connectivity index (χ0) is 46.7. The van der Waals surface area contributed by atoms with E-state index >= 15 is 0 Å². The molecule has 22 heteroatoms. The molecule has 0 saturated carbocycles. The van der Waals surface area contributed by atoms with E-state index in [1.165, 1.54) is 14.7 Å². The van der Waals surface area contributed by atoms with Gasteiger partial charge in [-0.25, -0.2) is 18.0 Å². The molecule has 0 aliphatic carbocycles. The van der Waals surface area contributed by atoms with Crippen LogP contribution < -0.4 is 16.0 Å². The molecule has 4 heterocycles. The molecule has 63 heavy (non-hydrogen) atoms. The lowest BCUT2D eigenvalue weighted by atomic mass is 9.99. The summed E-state index contributed by atoms with van der Waals surface area (Å²) in [7, 11) is 0. The summed E-state index contributed by atoms with van der Waals surface area (Å²) in [5.41, 5.74) is -1.19. The van der Waals surface area contributed by atoms with Crippen molar-refractivity contribution >= 4 is 35.6 Å². The number of nitrogens with zero attached hydrogens (tertiary/aromatic N) is 6. The van der Waals surface area contributed by atoms with Crippen molar-refractivity contribution < 1.29 is 59.8 Å². The minimum Gasteiger partial charge on any atom is -0.444 e. The van der Waals surface area contributed by atoms with Crippen molar-refractivity contribution in [2.45, 2.75) is 142 Å². The Morgan fingerprint density at radius 3 is 1.83 bits per heavy atom. The molecule has 3 aliphatic rings. The van der Waals surface area contributed by atoms with E-state index in [-0.39, 0.29) is 62.9 Å². The molecule has 2 fully saturated rings. The highest BCUT2D eigenvalue weighted by Gasteiger charge is 2.44. The van der Waals surface area contributed by atoms with Crippen LogP contribution in [0.15, 0.2) is 12.1 Å². The minimum absolute atomic E-state index is 0.103. The number of carbonyl (C=O) groups is 6. The van der Waals surface area contributed by atoms with Crippen LogP contribution in [0.25, 0.3) is 0 Å². The Hall–Kier alpha value is -5.44. The molecule has 3 N–H and O–H groups in total. The van der Waals surface area contributed by atoms with Crippen molar-refractivity contribution in [2.75, 3.05) is 19.6 Å². The Morgan fingerprint density at radius 2 is 1.29 bits per heavy atom. The van der Waals surface area contributed by atoms with Gasteiger partial charge in [-0.3, -0.25) is 24.0 Å². The van der Waals surface area contributed by atoms with Gasteiger partial charge in [0.25, 0.3) is 0 Å². The summed E-state index contributed by atoms with van der Waals surface area (Å²) in [4.78, 5) is 86.1. The first-order valence-corrected chi connectivity index (χ1v) is 21.0. The van der Waals surface area contributed by atoms with Gasteiger partial charge in [0.2, 0.25) is 35.4 Å². The highest BCUT2D eigenvalue weighted by atomic mass is 19.4. The van der Waals surface area contributed by atoms with Gasteiger partial charge in [-0.2, -0.15) is 13.2 Å². The van der Waals surface area contributed by atoms with Crippen LogP contribution in [0.3, 0.4) is 0 Å². The molecule has 1 aromatic heterocycles. The largest absolute Gasteiger partial charge is 0.451 e. The highest BCUT2D eigenvalue weighted by Crippen LogP contribution is 2.30. The molecule has 5 rings (SSSR count). The highest BCUT2D eigenvalue weighted by molar-refractivity contribution is 5.96. The summed E-state index contributed by atoms with van der Waals surface area (Å²) in [6.45, 7) is 11.4. The SMILES string of the molecule is CC(C)C(NC(=O)OC(C)(C)C)C(=O)N1CCCC1C(=O)NC(C(=O)N1CCCC1C(=O)NC(CC(=O)N1CCn2c(nnc2C(F)(F)F)C1)Cc1cc(F)c(F)cc1F)C(C)C. The van der Waals surface area contributed by atoms with E-state index < -0.39 is 120 Å². The number of benzene rings is 1. The van der Waals surface area contributed by atoms with Crippen LogP contribution in [0.5, 0.6) is 0 Å². The van der Waals surface area contributed by atoms with E-state index in [4.69, 9.17) is 4.74 Å². The fourth-order valence-electron chi connectivity index (χ4n) is 8.05. The van der Waals surface area contributed by atoms with E-state index in [1.54, 1.807) is 48.5 Å². The third-order valence-electron chi connectivity index (χ3n) is 11.2. The van der Waals surface area contributed by atoms with Crippen molar-refractivity contribution in [1.29, 1.82) is 0 Å².